The molecule has 1 rings (SSSR count). The van der Waals surface area contributed by atoms with Crippen molar-refractivity contribution in [3.63, 3.8) is 0 Å². The lowest BCUT2D eigenvalue weighted by Crippen LogP contribution is -2.27. The van der Waals surface area contributed by atoms with Crippen LogP contribution >= 0.6 is 15.9 Å². The molecule has 0 amide bonds. The van der Waals surface area contributed by atoms with Crippen molar-refractivity contribution in [3.05, 3.63) is 15.9 Å². The first-order valence-corrected chi connectivity index (χ1v) is 6.31. The molecule has 0 aliphatic heterocycles. The zero-order chi connectivity index (χ0) is 13.2. The third kappa shape index (κ3) is 3.64. The quantitative estimate of drug-likeness (QED) is 0.839. The van der Waals surface area contributed by atoms with Crippen LogP contribution in [0, 0.1) is 6.92 Å². The van der Waals surface area contributed by atoms with E-state index in [-0.39, 0.29) is 5.78 Å². The number of nitrogens with zero attached hydrogens (tertiary/aromatic N) is 2. The van der Waals surface area contributed by atoms with Gasteiger partial charge in [0.05, 0.1) is 21.5 Å². The molecule has 0 aromatic carbocycles. The van der Waals surface area contributed by atoms with Crippen molar-refractivity contribution in [2.45, 2.75) is 39.2 Å². The number of hydrogen-bond acceptors (Lipinski definition) is 3. The molecule has 1 heterocycles. The summed E-state index contributed by atoms with van der Waals surface area (Å²) in [7, 11) is 3.47. The third-order valence-corrected chi connectivity index (χ3v) is 3.83. The Morgan fingerprint density at radius 1 is 1.53 bits per heavy atom. The number of ether oxygens (including phenoxy) is 1. The molecule has 5 heteroatoms. The molecule has 0 saturated carbocycles. The molecule has 0 fully saturated rings. The summed E-state index contributed by atoms with van der Waals surface area (Å²) < 4.78 is 7.92. The van der Waals surface area contributed by atoms with E-state index in [1.807, 2.05) is 27.8 Å². The maximum absolute atomic E-state index is 12.0. The normalized spacial score (nSPS) is 11.9. The number of halogens is 1. The topological polar surface area (TPSA) is 44.1 Å². The Kier molecular flexibility index (Phi) is 4.49. The van der Waals surface area contributed by atoms with Gasteiger partial charge in [0, 0.05) is 27.0 Å². The predicted molar refractivity (Wildman–Crippen MR) is 70.1 cm³/mol. The predicted octanol–water partition coefficient (Wildman–Crippen LogP) is 2.42. The van der Waals surface area contributed by atoms with Gasteiger partial charge in [-0.15, -0.1) is 0 Å². The first kappa shape index (κ1) is 14.4. The van der Waals surface area contributed by atoms with E-state index < -0.39 is 5.60 Å². The van der Waals surface area contributed by atoms with Gasteiger partial charge in [-0.3, -0.25) is 9.48 Å². The molecule has 0 aliphatic rings. The van der Waals surface area contributed by atoms with Crippen molar-refractivity contribution in [1.82, 2.24) is 9.78 Å². The van der Waals surface area contributed by atoms with Crippen LogP contribution in [0.1, 0.15) is 31.7 Å². The molecular weight excluding hydrogens is 284 g/mol. The van der Waals surface area contributed by atoms with E-state index in [0.29, 0.717) is 12.8 Å². The van der Waals surface area contributed by atoms with Crippen LogP contribution in [-0.4, -0.2) is 28.3 Å². The van der Waals surface area contributed by atoms with E-state index in [4.69, 9.17) is 4.74 Å². The molecule has 1 aromatic rings. The van der Waals surface area contributed by atoms with Crippen molar-refractivity contribution in [1.29, 1.82) is 0 Å². The second-order valence-electron chi connectivity index (χ2n) is 4.83. The number of aromatic nitrogens is 2. The molecule has 96 valence electrons. The Bertz CT molecular complexity index is 424. The average Bonchev–Trinajstić information content (AvgIpc) is 2.44. The molecule has 1 aromatic heterocycles. The molecule has 0 radical (unpaired) electrons. The smallest absolute Gasteiger partial charge is 0.141 e. The largest absolute Gasteiger partial charge is 0.378 e. The van der Waals surface area contributed by atoms with Gasteiger partial charge in [-0.1, -0.05) is 0 Å². The Hall–Kier alpha value is -0.680. The van der Waals surface area contributed by atoms with Crippen LogP contribution in [-0.2, 0) is 23.0 Å². The molecule has 0 bridgehead atoms. The highest BCUT2D eigenvalue weighted by atomic mass is 79.9. The van der Waals surface area contributed by atoms with Crippen molar-refractivity contribution in [2.75, 3.05) is 7.11 Å². The van der Waals surface area contributed by atoms with Gasteiger partial charge in [-0.25, -0.2) is 0 Å². The molecule has 0 unspecified atom stereocenters. The second-order valence-corrected chi connectivity index (χ2v) is 5.62. The first-order chi connectivity index (χ1) is 7.76. The monoisotopic (exact) mass is 302 g/mol. The van der Waals surface area contributed by atoms with Crippen molar-refractivity contribution in [2.24, 2.45) is 7.05 Å². The van der Waals surface area contributed by atoms with Crippen molar-refractivity contribution < 1.29 is 9.53 Å². The summed E-state index contributed by atoms with van der Waals surface area (Å²) in [6.07, 6.45) is 0.783. The summed E-state index contributed by atoms with van der Waals surface area (Å²) in [6.45, 7) is 5.74. The number of aryl methyl sites for hydroxylation is 2. The van der Waals surface area contributed by atoms with Gasteiger partial charge in [0.1, 0.15) is 5.78 Å². The minimum absolute atomic E-state index is 0.153. The van der Waals surface area contributed by atoms with Crippen LogP contribution in [0.5, 0.6) is 0 Å². The van der Waals surface area contributed by atoms with Crippen molar-refractivity contribution >= 4 is 21.7 Å². The summed E-state index contributed by atoms with van der Waals surface area (Å²) in [5, 5.41) is 4.27. The molecule has 17 heavy (non-hydrogen) atoms. The van der Waals surface area contributed by atoms with Gasteiger partial charge in [0.25, 0.3) is 0 Å². The van der Waals surface area contributed by atoms with Crippen molar-refractivity contribution in [3.8, 4) is 0 Å². The number of ketones is 1. The SMILES string of the molecule is COC(C)(C)CC(=O)Cc1c(Br)c(C)nn1C. The minimum atomic E-state index is -0.406. The molecule has 0 saturated heterocycles. The van der Waals surface area contributed by atoms with Crippen LogP contribution in [0.2, 0.25) is 0 Å². The van der Waals surface area contributed by atoms with Crippen LogP contribution in [0.25, 0.3) is 0 Å². The number of hydrogen-bond donors (Lipinski definition) is 0. The zero-order valence-electron chi connectivity index (χ0n) is 11.0. The molecule has 0 spiro atoms. The summed E-state index contributed by atoms with van der Waals surface area (Å²) in [5.41, 5.74) is 1.41. The lowest BCUT2D eigenvalue weighted by atomic mass is 9.99. The fraction of sp³-hybridized carbons (Fsp3) is 0.667. The van der Waals surface area contributed by atoms with E-state index >= 15 is 0 Å². The highest BCUT2D eigenvalue weighted by Crippen LogP contribution is 2.22. The molecule has 0 atom stereocenters. The standard InChI is InChI=1S/C12H19BrN2O2/c1-8-11(13)10(15(4)14-8)6-9(16)7-12(2,3)17-5/h6-7H2,1-5H3. The van der Waals surface area contributed by atoms with Gasteiger partial charge in [-0.2, -0.15) is 5.10 Å². The summed E-state index contributed by atoms with van der Waals surface area (Å²) in [4.78, 5) is 12.0. The lowest BCUT2D eigenvalue weighted by Gasteiger charge is -2.21. The maximum Gasteiger partial charge on any atom is 0.141 e. The average molecular weight is 303 g/mol. The summed E-state index contributed by atoms with van der Waals surface area (Å²) in [6, 6.07) is 0. The van der Waals surface area contributed by atoms with E-state index in [1.54, 1.807) is 11.8 Å². The highest BCUT2D eigenvalue weighted by Gasteiger charge is 2.23. The van der Waals surface area contributed by atoms with Crippen LogP contribution in [0.4, 0.5) is 0 Å². The summed E-state index contributed by atoms with van der Waals surface area (Å²) in [5.74, 6) is 0.153. The Balaban J connectivity index is 2.75. The van der Waals surface area contributed by atoms with Gasteiger partial charge >= 0.3 is 0 Å². The summed E-state index contributed by atoms with van der Waals surface area (Å²) >= 11 is 3.46. The first-order valence-electron chi connectivity index (χ1n) is 5.51. The fourth-order valence-electron chi connectivity index (χ4n) is 1.67. The van der Waals surface area contributed by atoms with Gasteiger partial charge in [0.2, 0.25) is 0 Å². The molecule has 0 aliphatic carbocycles. The molecule has 4 nitrogen and oxygen atoms in total. The van der Waals surface area contributed by atoms with Gasteiger partial charge in [-0.05, 0) is 36.7 Å². The number of carbonyl (C=O) groups excluding carboxylic acids is 1. The Labute approximate surface area is 110 Å². The van der Waals surface area contributed by atoms with Crippen LogP contribution in [0.3, 0.4) is 0 Å². The Morgan fingerprint density at radius 3 is 2.53 bits per heavy atom. The van der Waals surface area contributed by atoms with E-state index in [9.17, 15) is 4.79 Å². The third-order valence-electron chi connectivity index (χ3n) is 2.80. The number of methoxy groups -OCH3 is 1. The van der Waals surface area contributed by atoms with Crippen LogP contribution < -0.4 is 0 Å². The minimum Gasteiger partial charge on any atom is -0.378 e. The lowest BCUT2D eigenvalue weighted by molar-refractivity contribution is -0.123. The fourth-order valence-corrected chi connectivity index (χ4v) is 2.14. The number of rotatable bonds is 5. The van der Waals surface area contributed by atoms with E-state index in [2.05, 4.69) is 21.0 Å². The maximum atomic E-state index is 12.0. The van der Waals surface area contributed by atoms with Gasteiger partial charge < -0.3 is 4.74 Å². The zero-order valence-corrected chi connectivity index (χ0v) is 12.6. The number of Topliss-reactive ketones (excluding diaryl/α,β-unsaturated/α-hetero) is 1. The number of carbonyl (C=O) groups is 1. The molecule has 0 N–H and O–H groups in total. The molecular formula is C12H19BrN2O2. The van der Waals surface area contributed by atoms with E-state index in [1.165, 1.54) is 0 Å². The van der Waals surface area contributed by atoms with Gasteiger partial charge in [0.15, 0.2) is 0 Å². The Morgan fingerprint density at radius 2 is 2.12 bits per heavy atom. The highest BCUT2D eigenvalue weighted by molar-refractivity contribution is 9.10. The van der Waals surface area contributed by atoms with Crippen LogP contribution in [0.15, 0.2) is 4.47 Å². The second kappa shape index (κ2) is 5.31. The van der Waals surface area contributed by atoms with E-state index in [0.717, 1.165) is 15.9 Å².